The van der Waals surface area contributed by atoms with E-state index in [1.807, 2.05) is 13.0 Å². The van der Waals surface area contributed by atoms with Crippen molar-refractivity contribution >= 4 is 8.32 Å². The molecule has 0 saturated carbocycles. The molecule has 0 rings (SSSR count). The highest BCUT2D eigenvalue weighted by Crippen LogP contribution is 2.36. The number of aliphatic hydroxyl groups excluding tert-OH is 1. The second-order valence-corrected chi connectivity index (χ2v) is 12.0. The maximum atomic E-state index is 9.65. The zero-order valence-electron chi connectivity index (χ0n) is 15.0. The molecule has 0 radical (unpaired) electrons. The van der Waals surface area contributed by atoms with Crippen LogP contribution in [-0.4, -0.2) is 46.1 Å². The van der Waals surface area contributed by atoms with Crippen molar-refractivity contribution in [3.05, 3.63) is 11.6 Å². The lowest BCUT2D eigenvalue weighted by Gasteiger charge is -2.36. The van der Waals surface area contributed by atoms with Crippen molar-refractivity contribution < 1.29 is 19.0 Å². The van der Waals surface area contributed by atoms with Gasteiger partial charge >= 0.3 is 0 Å². The lowest BCUT2D eigenvalue weighted by molar-refractivity contribution is -0.0499. The number of hydrogen-bond donors (Lipinski definition) is 1. The fourth-order valence-corrected chi connectivity index (χ4v) is 2.58. The van der Waals surface area contributed by atoms with Crippen LogP contribution in [0, 0.1) is 0 Å². The number of rotatable bonds is 9. The van der Waals surface area contributed by atoms with Gasteiger partial charge in [-0.1, -0.05) is 26.8 Å². The van der Waals surface area contributed by atoms with Gasteiger partial charge in [0.25, 0.3) is 0 Å². The number of ether oxygens (including phenoxy) is 2. The van der Waals surface area contributed by atoms with Crippen molar-refractivity contribution in [3.63, 3.8) is 0 Å². The van der Waals surface area contributed by atoms with Crippen molar-refractivity contribution in [2.75, 3.05) is 20.5 Å². The molecule has 0 aliphatic carbocycles. The third-order valence-corrected chi connectivity index (χ3v) is 8.38. The van der Waals surface area contributed by atoms with Gasteiger partial charge in [0.05, 0.1) is 18.8 Å². The van der Waals surface area contributed by atoms with E-state index in [0.717, 1.165) is 5.57 Å². The minimum atomic E-state index is -1.78. The summed E-state index contributed by atoms with van der Waals surface area (Å²) >= 11 is 0. The lowest BCUT2D eigenvalue weighted by atomic mass is 10.1. The Bertz CT molecular complexity index is 319. The highest BCUT2D eigenvalue weighted by atomic mass is 28.4. The molecule has 0 aromatic carbocycles. The summed E-state index contributed by atoms with van der Waals surface area (Å²) in [7, 11) is -0.178. The van der Waals surface area contributed by atoms with Crippen LogP contribution in [-0.2, 0) is 13.9 Å². The molecule has 0 saturated heterocycles. The van der Waals surface area contributed by atoms with E-state index in [1.54, 1.807) is 14.0 Å². The molecule has 126 valence electrons. The van der Waals surface area contributed by atoms with Crippen LogP contribution in [0.25, 0.3) is 0 Å². The van der Waals surface area contributed by atoms with Crippen molar-refractivity contribution in [3.8, 4) is 0 Å². The number of hydrogen-bond acceptors (Lipinski definition) is 4. The molecule has 0 aromatic heterocycles. The predicted octanol–water partition coefficient (Wildman–Crippen LogP) is 3.71. The van der Waals surface area contributed by atoms with Crippen LogP contribution < -0.4 is 0 Å². The van der Waals surface area contributed by atoms with E-state index in [2.05, 4.69) is 33.9 Å². The first-order valence-corrected chi connectivity index (χ1v) is 10.5. The van der Waals surface area contributed by atoms with Crippen LogP contribution in [0.15, 0.2) is 11.6 Å². The Labute approximate surface area is 131 Å². The molecule has 0 unspecified atom stereocenters. The number of methoxy groups -OCH3 is 1. The summed E-state index contributed by atoms with van der Waals surface area (Å²) in [4.78, 5) is 0. The van der Waals surface area contributed by atoms with E-state index < -0.39 is 8.32 Å². The van der Waals surface area contributed by atoms with E-state index in [0.29, 0.717) is 13.0 Å². The van der Waals surface area contributed by atoms with Crippen molar-refractivity contribution in [2.24, 2.45) is 0 Å². The molecule has 0 aliphatic rings. The van der Waals surface area contributed by atoms with Gasteiger partial charge in [-0.25, -0.2) is 0 Å². The first kappa shape index (κ1) is 20.8. The normalized spacial score (nSPS) is 16.9. The molecule has 4 nitrogen and oxygen atoms in total. The monoisotopic (exact) mass is 318 g/mol. The molecule has 0 bridgehead atoms. The van der Waals surface area contributed by atoms with Crippen molar-refractivity contribution in [1.82, 2.24) is 0 Å². The maximum Gasteiger partial charge on any atom is 0.192 e. The molecule has 2 atom stereocenters. The molecule has 0 aliphatic heterocycles. The highest BCUT2D eigenvalue weighted by Gasteiger charge is 2.37. The molecule has 0 fully saturated rings. The van der Waals surface area contributed by atoms with Crippen LogP contribution in [0.1, 0.15) is 41.0 Å². The van der Waals surface area contributed by atoms with Gasteiger partial charge in [-0.15, -0.1) is 0 Å². The summed E-state index contributed by atoms with van der Waals surface area (Å²) in [6, 6.07) is 0. The van der Waals surface area contributed by atoms with Crippen LogP contribution in [0.5, 0.6) is 0 Å². The van der Waals surface area contributed by atoms with E-state index in [1.165, 1.54) is 0 Å². The molecular weight excluding hydrogens is 284 g/mol. The van der Waals surface area contributed by atoms with Crippen LogP contribution in [0.3, 0.4) is 0 Å². The van der Waals surface area contributed by atoms with E-state index in [9.17, 15) is 5.11 Å². The first-order valence-electron chi connectivity index (χ1n) is 7.61. The summed E-state index contributed by atoms with van der Waals surface area (Å²) in [5.41, 5.74) is 1.08. The standard InChI is InChI=1S/C16H34O4Si/c1-13(17)9-15(10-14(2)19-12-18-6)11-20-21(7,8)16(3,4)5/h10,13-14,17H,9,11-12H2,1-8H3/b15-10+/t13-,14-/m0/s1. The Morgan fingerprint density at radius 2 is 1.81 bits per heavy atom. The Kier molecular flexibility index (Phi) is 8.97. The number of aliphatic hydroxyl groups is 1. The molecule has 21 heavy (non-hydrogen) atoms. The zero-order valence-corrected chi connectivity index (χ0v) is 16.0. The van der Waals surface area contributed by atoms with E-state index in [-0.39, 0.29) is 24.0 Å². The second-order valence-electron chi connectivity index (χ2n) is 7.21. The fraction of sp³-hybridized carbons (Fsp3) is 0.875. The zero-order chi connectivity index (χ0) is 16.7. The van der Waals surface area contributed by atoms with Crippen LogP contribution in [0.2, 0.25) is 18.1 Å². The van der Waals surface area contributed by atoms with Gasteiger partial charge in [0.15, 0.2) is 8.32 Å². The minimum absolute atomic E-state index is 0.0540. The van der Waals surface area contributed by atoms with Gasteiger partial charge in [-0.05, 0) is 44.0 Å². The van der Waals surface area contributed by atoms with Gasteiger partial charge in [0, 0.05) is 7.11 Å². The molecule has 5 heteroatoms. The van der Waals surface area contributed by atoms with Gasteiger partial charge in [0.2, 0.25) is 0 Å². The minimum Gasteiger partial charge on any atom is -0.413 e. The summed E-state index contributed by atoms with van der Waals surface area (Å²) < 4.78 is 16.6. The van der Waals surface area contributed by atoms with Crippen LogP contribution >= 0.6 is 0 Å². The summed E-state index contributed by atoms with van der Waals surface area (Å²) in [5, 5.41) is 9.83. The molecular formula is C16H34O4Si. The smallest absolute Gasteiger partial charge is 0.192 e. The van der Waals surface area contributed by atoms with Gasteiger partial charge in [-0.3, -0.25) is 0 Å². The maximum absolute atomic E-state index is 9.65. The molecule has 0 aromatic rings. The molecule has 0 amide bonds. The third kappa shape index (κ3) is 8.73. The summed E-state index contributed by atoms with van der Waals surface area (Å²) in [6.07, 6.45) is 2.20. The quantitative estimate of drug-likeness (QED) is 0.400. The second kappa shape index (κ2) is 9.05. The van der Waals surface area contributed by atoms with E-state index >= 15 is 0 Å². The topological polar surface area (TPSA) is 47.9 Å². The average molecular weight is 319 g/mol. The third-order valence-electron chi connectivity index (χ3n) is 3.90. The molecule has 1 N–H and O–H groups in total. The Morgan fingerprint density at radius 3 is 2.24 bits per heavy atom. The Balaban J connectivity index is 4.74. The fourth-order valence-electron chi connectivity index (χ4n) is 1.60. The first-order chi connectivity index (χ1) is 9.49. The Hall–Kier alpha value is -0.203. The summed E-state index contributed by atoms with van der Waals surface area (Å²) in [5.74, 6) is 0. The molecule has 0 spiro atoms. The Morgan fingerprint density at radius 1 is 1.24 bits per heavy atom. The SMILES string of the molecule is COCO[C@@H](C)/C=C(/CO[Si](C)(C)C(C)(C)C)C[C@H](C)O. The average Bonchev–Trinajstić information content (AvgIpc) is 2.31. The van der Waals surface area contributed by atoms with Gasteiger partial charge in [0.1, 0.15) is 6.79 Å². The van der Waals surface area contributed by atoms with Crippen molar-refractivity contribution in [2.45, 2.75) is 71.4 Å². The van der Waals surface area contributed by atoms with Gasteiger partial charge < -0.3 is 19.0 Å². The molecule has 0 heterocycles. The largest absolute Gasteiger partial charge is 0.413 e. The van der Waals surface area contributed by atoms with Crippen LogP contribution in [0.4, 0.5) is 0 Å². The highest BCUT2D eigenvalue weighted by molar-refractivity contribution is 6.74. The predicted molar refractivity (Wildman–Crippen MR) is 90.0 cm³/mol. The lowest BCUT2D eigenvalue weighted by Crippen LogP contribution is -2.41. The van der Waals surface area contributed by atoms with Crippen molar-refractivity contribution in [1.29, 1.82) is 0 Å². The summed E-state index contributed by atoms with van der Waals surface area (Å²) in [6.45, 7) is 15.7. The van der Waals surface area contributed by atoms with E-state index in [4.69, 9.17) is 13.9 Å². The van der Waals surface area contributed by atoms with Gasteiger partial charge in [-0.2, -0.15) is 0 Å².